The third-order valence-electron chi connectivity index (χ3n) is 4.49. The Hall–Kier alpha value is -2.82. The lowest BCUT2D eigenvalue weighted by Crippen LogP contribution is -2.17. The van der Waals surface area contributed by atoms with Gasteiger partial charge in [-0.3, -0.25) is 9.59 Å². The fourth-order valence-electron chi connectivity index (χ4n) is 3.20. The number of rotatable bonds is 3. The van der Waals surface area contributed by atoms with Crippen molar-refractivity contribution in [2.24, 2.45) is 0 Å². The van der Waals surface area contributed by atoms with E-state index in [2.05, 4.69) is 10.6 Å². The van der Waals surface area contributed by atoms with Gasteiger partial charge < -0.3 is 10.6 Å². The van der Waals surface area contributed by atoms with Crippen LogP contribution in [0.3, 0.4) is 0 Å². The van der Waals surface area contributed by atoms with Crippen LogP contribution in [-0.4, -0.2) is 11.8 Å². The molecular formula is C21H14Cl2N2O2. The van der Waals surface area contributed by atoms with Crippen LogP contribution in [-0.2, 0) is 6.54 Å². The van der Waals surface area contributed by atoms with Crippen LogP contribution in [0.2, 0.25) is 10.0 Å². The van der Waals surface area contributed by atoms with Crippen LogP contribution in [0.25, 0.3) is 11.1 Å². The van der Waals surface area contributed by atoms with Gasteiger partial charge in [0.15, 0.2) is 0 Å². The van der Waals surface area contributed by atoms with Gasteiger partial charge in [-0.1, -0.05) is 59.6 Å². The Morgan fingerprint density at radius 3 is 2.48 bits per heavy atom. The molecule has 0 bridgehead atoms. The molecule has 0 atom stereocenters. The first-order chi connectivity index (χ1) is 13.1. The number of halogens is 2. The molecule has 0 aromatic heterocycles. The number of carbonyl (C=O) groups excluding carboxylic acids is 2. The molecule has 134 valence electrons. The van der Waals surface area contributed by atoms with Crippen LogP contribution in [0, 0.1) is 0 Å². The van der Waals surface area contributed by atoms with Gasteiger partial charge in [-0.15, -0.1) is 0 Å². The molecule has 6 heteroatoms. The Kier molecular flexibility index (Phi) is 4.60. The van der Waals surface area contributed by atoms with Gasteiger partial charge >= 0.3 is 0 Å². The summed E-state index contributed by atoms with van der Waals surface area (Å²) >= 11 is 12.5. The van der Waals surface area contributed by atoms with Crippen LogP contribution < -0.4 is 10.6 Å². The molecule has 1 aliphatic heterocycles. The van der Waals surface area contributed by atoms with Crippen molar-refractivity contribution in [2.45, 2.75) is 6.54 Å². The molecular weight excluding hydrogens is 383 g/mol. The van der Waals surface area contributed by atoms with Gasteiger partial charge in [0.1, 0.15) is 0 Å². The number of carbonyl (C=O) groups is 2. The van der Waals surface area contributed by atoms with Gasteiger partial charge in [-0.25, -0.2) is 0 Å². The summed E-state index contributed by atoms with van der Waals surface area (Å²) in [5.74, 6) is -0.501. The summed E-state index contributed by atoms with van der Waals surface area (Å²) in [4.78, 5) is 24.9. The van der Waals surface area contributed by atoms with Crippen LogP contribution in [0.15, 0.2) is 60.7 Å². The van der Waals surface area contributed by atoms with Crippen molar-refractivity contribution >= 4 is 40.7 Å². The first-order valence-electron chi connectivity index (χ1n) is 8.31. The van der Waals surface area contributed by atoms with Gasteiger partial charge in [0, 0.05) is 17.7 Å². The molecule has 0 aliphatic carbocycles. The zero-order chi connectivity index (χ0) is 19.0. The number of fused-ring (bicyclic) bond motifs is 1. The largest absolute Gasteiger partial charge is 0.348 e. The number of hydrogen-bond acceptors (Lipinski definition) is 2. The van der Waals surface area contributed by atoms with Gasteiger partial charge in [0.2, 0.25) is 0 Å². The molecule has 0 saturated carbocycles. The monoisotopic (exact) mass is 396 g/mol. The molecule has 4 nitrogen and oxygen atoms in total. The van der Waals surface area contributed by atoms with E-state index in [0.717, 1.165) is 16.7 Å². The standard InChI is InChI=1S/C21H14Cl2N2O2/c22-16-8-4-7-14(19(16)23)13-9-10-17(18-15(13)11-24-21(18)27)25-20(26)12-5-2-1-3-6-12/h1-10H,11H2,(H,24,27)(H,25,26). The van der Waals surface area contributed by atoms with Crippen molar-refractivity contribution in [1.29, 1.82) is 0 Å². The molecule has 0 spiro atoms. The summed E-state index contributed by atoms with van der Waals surface area (Å²) in [6.07, 6.45) is 0. The van der Waals surface area contributed by atoms with Crippen LogP contribution in [0.1, 0.15) is 26.3 Å². The van der Waals surface area contributed by atoms with E-state index in [9.17, 15) is 9.59 Å². The second kappa shape index (κ2) is 7.06. The maximum Gasteiger partial charge on any atom is 0.255 e. The number of nitrogens with one attached hydrogen (secondary N) is 2. The summed E-state index contributed by atoms with van der Waals surface area (Å²) in [5, 5.41) is 6.53. The average molecular weight is 397 g/mol. The Morgan fingerprint density at radius 1 is 0.926 bits per heavy atom. The van der Waals surface area contributed by atoms with Gasteiger partial charge in [-0.2, -0.15) is 0 Å². The van der Waals surface area contributed by atoms with Crippen LogP contribution in [0.5, 0.6) is 0 Å². The maximum atomic E-state index is 12.5. The highest BCUT2D eigenvalue weighted by Gasteiger charge is 2.27. The molecule has 0 radical (unpaired) electrons. The van der Waals surface area contributed by atoms with E-state index in [4.69, 9.17) is 23.2 Å². The smallest absolute Gasteiger partial charge is 0.255 e. The first kappa shape index (κ1) is 17.6. The van der Waals surface area contributed by atoms with Crippen LogP contribution in [0.4, 0.5) is 5.69 Å². The van der Waals surface area contributed by atoms with Gasteiger partial charge in [0.05, 0.1) is 21.3 Å². The fourth-order valence-corrected chi connectivity index (χ4v) is 3.60. The Balaban J connectivity index is 1.78. The molecule has 1 aliphatic rings. The van der Waals surface area contributed by atoms with Gasteiger partial charge in [0.25, 0.3) is 11.8 Å². The van der Waals surface area contributed by atoms with Crippen molar-refractivity contribution < 1.29 is 9.59 Å². The highest BCUT2D eigenvalue weighted by Crippen LogP contribution is 2.39. The fraction of sp³-hybridized carbons (Fsp3) is 0.0476. The summed E-state index contributed by atoms with van der Waals surface area (Å²) in [7, 11) is 0. The predicted molar refractivity (Wildman–Crippen MR) is 107 cm³/mol. The minimum absolute atomic E-state index is 0.228. The van der Waals surface area contributed by atoms with E-state index >= 15 is 0 Å². The number of hydrogen-bond donors (Lipinski definition) is 2. The topological polar surface area (TPSA) is 58.2 Å². The first-order valence-corrected chi connectivity index (χ1v) is 9.06. The zero-order valence-corrected chi connectivity index (χ0v) is 15.6. The second-order valence-electron chi connectivity index (χ2n) is 6.12. The molecule has 27 heavy (non-hydrogen) atoms. The van der Waals surface area contributed by atoms with Crippen molar-refractivity contribution in [3.8, 4) is 11.1 Å². The summed E-state index contributed by atoms with van der Waals surface area (Å²) in [5.41, 5.74) is 3.79. The maximum absolute atomic E-state index is 12.5. The minimum Gasteiger partial charge on any atom is -0.348 e. The molecule has 1 heterocycles. The lowest BCUT2D eigenvalue weighted by molar-refractivity contribution is 0.0966. The van der Waals surface area contributed by atoms with E-state index in [0.29, 0.717) is 33.4 Å². The van der Waals surface area contributed by atoms with E-state index in [1.807, 2.05) is 24.3 Å². The SMILES string of the molecule is O=C(Nc1ccc(-c2cccc(Cl)c2Cl)c2c1C(=O)NC2)c1ccccc1. The third kappa shape index (κ3) is 3.18. The van der Waals surface area contributed by atoms with Crippen LogP contribution >= 0.6 is 23.2 Å². The highest BCUT2D eigenvalue weighted by atomic mass is 35.5. The quantitative estimate of drug-likeness (QED) is 0.642. The van der Waals surface area contributed by atoms with E-state index in [1.165, 1.54) is 0 Å². The Morgan fingerprint density at radius 2 is 1.70 bits per heavy atom. The molecule has 0 saturated heterocycles. The number of anilines is 1. The Bertz CT molecular complexity index is 1070. The van der Waals surface area contributed by atoms with Crippen molar-refractivity contribution in [3.63, 3.8) is 0 Å². The molecule has 2 N–H and O–H groups in total. The molecule has 3 aromatic rings. The highest BCUT2D eigenvalue weighted by molar-refractivity contribution is 6.43. The van der Waals surface area contributed by atoms with E-state index in [1.54, 1.807) is 36.4 Å². The van der Waals surface area contributed by atoms with Crippen molar-refractivity contribution in [3.05, 3.63) is 87.4 Å². The van der Waals surface area contributed by atoms with Gasteiger partial charge in [-0.05, 0) is 35.4 Å². The predicted octanol–water partition coefficient (Wildman–Crippen LogP) is 5.16. The third-order valence-corrected chi connectivity index (χ3v) is 5.31. The molecule has 3 aromatic carbocycles. The molecule has 0 unspecified atom stereocenters. The van der Waals surface area contributed by atoms with E-state index < -0.39 is 0 Å². The number of amides is 2. The summed E-state index contributed by atoms with van der Waals surface area (Å²) in [6.45, 7) is 0.362. The normalized spacial score (nSPS) is 12.4. The lowest BCUT2D eigenvalue weighted by atomic mass is 9.95. The average Bonchev–Trinajstić information content (AvgIpc) is 3.07. The summed E-state index contributed by atoms with van der Waals surface area (Å²) in [6, 6.07) is 17.8. The molecule has 2 amide bonds. The van der Waals surface area contributed by atoms with Crippen molar-refractivity contribution in [1.82, 2.24) is 5.32 Å². The lowest BCUT2D eigenvalue weighted by Gasteiger charge is -2.14. The summed E-state index contributed by atoms with van der Waals surface area (Å²) < 4.78 is 0. The van der Waals surface area contributed by atoms with E-state index in [-0.39, 0.29) is 11.8 Å². The molecule has 4 rings (SSSR count). The zero-order valence-electron chi connectivity index (χ0n) is 14.1. The number of benzene rings is 3. The molecule has 0 fully saturated rings. The minimum atomic E-state index is -0.272. The van der Waals surface area contributed by atoms with Crippen molar-refractivity contribution in [2.75, 3.05) is 5.32 Å². The Labute approximate surface area is 166 Å². The second-order valence-corrected chi connectivity index (χ2v) is 6.90.